The molecule has 5 nitrogen and oxygen atoms in total. The number of esters is 1. The zero-order valence-corrected chi connectivity index (χ0v) is 16.3. The van der Waals surface area contributed by atoms with E-state index in [-0.39, 0.29) is 11.9 Å². The summed E-state index contributed by atoms with van der Waals surface area (Å²) in [5.74, 6) is 0.788. The van der Waals surface area contributed by atoms with Crippen molar-refractivity contribution in [3.05, 3.63) is 90.0 Å². The largest absolute Gasteiger partial charge is 0.462 e. The zero-order valence-electron chi connectivity index (χ0n) is 16.3. The number of hydrogen-bond donors (Lipinski definition) is 1. The molecule has 148 valence electrons. The van der Waals surface area contributed by atoms with Gasteiger partial charge in [0.15, 0.2) is 0 Å². The molecule has 0 aliphatic rings. The zero-order chi connectivity index (χ0) is 20.5. The summed E-state index contributed by atoms with van der Waals surface area (Å²) >= 11 is 0. The maximum absolute atomic E-state index is 12.4. The van der Waals surface area contributed by atoms with Crippen molar-refractivity contribution in [2.24, 2.45) is 0 Å². The number of carbonyl (C=O) groups excluding carboxylic acids is 2. The average molecular weight is 389 g/mol. The van der Waals surface area contributed by atoms with Gasteiger partial charge in [-0.25, -0.2) is 4.79 Å². The third-order valence-corrected chi connectivity index (χ3v) is 4.20. The minimum atomic E-state index is -0.356. The van der Waals surface area contributed by atoms with Crippen LogP contribution in [0.15, 0.2) is 78.9 Å². The summed E-state index contributed by atoms with van der Waals surface area (Å²) in [7, 11) is 0. The number of amides is 1. The monoisotopic (exact) mass is 389 g/mol. The van der Waals surface area contributed by atoms with E-state index in [4.69, 9.17) is 9.47 Å². The van der Waals surface area contributed by atoms with Crippen molar-refractivity contribution in [2.75, 3.05) is 11.9 Å². The van der Waals surface area contributed by atoms with Crippen LogP contribution in [-0.2, 0) is 4.74 Å². The first-order valence-electron chi connectivity index (χ1n) is 9.57. The maximum Gasteiger partial charge on any atom is 0.338 e. The molecule has 3 rings (SSSR count). The van der Waals surface area contributed by atoms with E-state index >= 15 is 0 Å². The van der Waals surface area contributed by atoms with Crippen molar-refractivity contribution in [1.82, 2.24) is 0 Å². The SMILES string of the molecule is CCCCOC(=O)c1ccc(NC(=O)c2ccc(Oc3ccccc3)cc2)cc1. The first-order chi connectivity index (χ1) is 14.2. The van der Waals surface area contributed by atoms with Crippen LogP contribution in [0.25, 0.3) is 0 Å². The molecule has 5 heteroatoms. The van der Waals surface area contributed by atoms with Crippen LogP contribution in [0.2, 0.25) is 0 Å². The molecular formula is C24H23NO4. The van der Waals surface area contributed by atoms with Gasteiger partial charge in [-0.2, -0.15) is 0 Å². The second-order valence-electron chi connectivity index (χ2n) is 6.46. The summed E-state index contributed by atoms with van der Waals surface area (Å²) in [4.78, 5) is 24.3. The molecule has 1 N–H and O–H groups in total. The molecule has 0 heterocycles. The normalized spacial score (nSPS) is 10.2. The van der Waals surface area contributed by atoms with Crippen LogP contribution in [0.3, 0.4) is 0 Å². The van der Waals surface area contributed by atoms with Crippen LogP contribution in [0.4, 0.5) is 5.69 Å². The van der Waals surface area contributed by atoms with Crippen molar-refractivity contribution in [3.8, 4) is 11.5 Å². The Morgan fingerprint density at radius 2 is 1.41 bits per heavy atom. The minimum absolute atomic E-state index is 0.241. The molecule has 0 fully saturated rings. The topological polar surface area (TPSA) is 64.6 Å². The molecule has 0 saturated heterocycles. The predicted molar refractivity (Wildman–Crippen MR) is 113 cm³/mol. The van der Waals surface area contributed by atoms with Crippen LogP contribution < -0.4 is 10.1 Å². The number of para-hydroxylation sites is 1. The van der Waals surface area contributed by atoms with Gasteiger partial charge < -0.3 is 14.8 Å². The molecule has 3 aromatic carbocycles. The Kier molecular flexibility index (Phi) is 7.00. The summed E-state index contributed by atoms with van der Waals surface area (Å²) in [6.45, 7) is 2.45. The molecule has 29 heavy (non-hydrogen) atoms. The quantitative estimate of drug-likeness (QED) is 0.397. The van der Waals surface area contributed by atoms with Crippen LogP contribution in [0.1, 0.15) is 40.5 Å². The number of unbranched alkanes of at least 4 members (excludes halogenated alkanes) is 1. The molecule has 0 atom stereocenters. The molecule has 0 bridgehead atoms. The molecule has 0 aliphatic heterocycles. The van der Waals surface area contributed by atoms with Gasteiger partial charge in [-0.3, -0.25) is 4.79 Å². The second-order valence-corrected chi connectivity index (χ2v) is 6.46. The lowest BCUT2D eigenvalue weighted by Crippen LogP contribution is -2.12. The van der Waals surface area contributed by atoms with Gasteiger partial charge in [-0.05, 0) is 67.1 Å². The van der Waals surface area contributed by atoms with Gasteiger partial charge in [0.1, 0.15) is 11.5 Å². The van der Waals surface area contributed by atoms with Crippen molar-refractivity contribution in [1.29, 1.82) is 0 Å². The van der Waals surface area contributed by atoms with E-state index in [1.165, 1.54) is 0 Å². The van der Waals surface area contributed by atoms with E-state index < -0.39 is 0 Å². The number of nitrogens with one attached hydrogen (secondary N) is 1. The van der Waals surface area contributed by atoms with Gasteiger partial charge in [-0.1, -0.05) is 31.5 Å². The van der Waals surface area contributed by atoms with E-state index in [1.54, 1.807) is 48.5 Å². The first kappa shape index (κ1) is 20.1. The minimum Gasteiger partial charge on any atom is -0.462 e. The number of rotatable bonds is 8. The highest BCUT2D eigenvalue weighted by Gasteiger charge is 2.09. The van der Waals surface area contributed by atoms with Gasteiger partial charge in [0, 0.05) is 11.3 Å². The van der Waals surface area contributed by atoms with Crippen molar-refractivity contribution in [2.45, 2.75) is 19.8 Å². The van der Waals surface area contributed by atoms with Gasteiger partial charge in [0.05, 0.1) is 12.2 Å². The lowest BCUT2D eigenvalue weighted by Gasteiger charge is -2.08. The van der Waals surface area contributed by atoms with Gasteiger partial charge in [-0.15, -0.1) is 0 Å². The Hall–Kier alpha value is -3.60. The molecule has 3 aromatic rings. The average Bonchev–Trinajstić information content (AvgIpc) is 2.75. The summed E-state index contributed by atoms with van der Waals surface area (Å²) < 4.78 is 10.9. The van der Waals surface area contributed by atoms with E-state index in [2.05, 4.69) is 5.32 Å². The van der Waals surface area contributed by atoms with Crippen molar-refractivity contribution < 1.29 is 19.1 Å². The predicted octanol–water partition coefficient (Wildman–Crippen LogP) is 5.69. The number of anilines is 1. The Morgan fingerprint density at radius 3 is 2.07 bits per heavy atom. The molecule has 0 unspecified atom stereocenters. The summed E-state index contributed by atoms with van der Waals surface area (Å²) in [6, 6.07) is 23.0. The fraction of sp³-hybridized carbons (Fsp3) is 0.167. The molecular weight excluding hydrogens is 366 g/mol. The molecule has 0 radical (unpaired) electrons. The first-order valence-corrected chi connectivity index (χ1v) is 9.57. The highest BCUT2D eigenvalue weighted by Crippen LogP contribution is 2.21. The molecule has 0 saturated carbocycles. The fourth-order valence-corrected chi connectivity index (χ4v) is 2.58. The lowest BCUT2D eigenvalue weighted by molar-refractivity contribution is 0.0499. The Labute approximate surface area is 170 Å². The summed E-state index contributed by atoms with van der Waals surface area (Å²) in [5, 5.41) is 2.81. The highest BCUT2D eigenvalue weighted by atomic mass is 16.5. The molecule has 0 spiro atoms. The summed E-state index contributed by atoms with van der Waals surface area (Å²) in [5.41, 5.74) is 1.57. The van der Waals surface area contributed by atoms with E-state index in [9.17, 15) is 9.59 Å². The summed E-state index contributed by atoms with van der Waals surface area (Å²) in [6.07, 6.45) is 1.81. The highest BCUT2D eigenvalue weighted by molar-refractivity contribution is 6.04. The third-order valence-electron chi connectivity index (χ3n) is 4.20. The third kappa shape index (κ3) is 5.94. The van der Waals surface area contributed by atoms with Gasteiger partial charge in [0.2, 0.25) is 0 Å². The van der Waals surface area contributed by atoms with Gasteiger partial charge in [0.25, 0.3) is 5.91 Å². The van der Waals surface area contributed by atoms with E-state index in [0.29, 0.717) is 29.2 Å². The fourth-order valence-electron chi connectivity index (χ4n) is 2.58. The van der Waals surface area contributed by atoms with Crippen molar-refractivity contribution >= 4 is 17.6 Å². The molecule has 0 aliphatic carbocycles. The molecule has 0 aromatic heterocycles. The van der Waals surface area contributed by atoms with Gasteiger partial charge >= 0.3 is 5.97 Å². The smallest absolute Gasteiger partial charge is 0.338 e. The Bertz CT molecular complexity index is 935. The van der Waals surface area contributed by atoms with Crippen LogP contribution in [0.5, 0.6) is 11.5 Å². The molecule has 1 amide bonds. The maximum atomic E-state index is 12.4. The Morgan fingerprint density at radius 1 is 0.793 bits per heavy atom. The van der Waals surface area contributed by atoms with E-state index in [0.717, 1.165) is 18.6 Å². The van der Waals surface area contributed by atoms with Crippen molar-refractivity contribution in [3.63, 3.8) is 0 Å². The van der Waals surface area contributed by atoms with E-state index in [1.807, 2.05) is 37.3 Å². The number of carbonyl (C=O) groups is 2. The van der Waals surface area contributed by atoms with Crippen LogP contribution >= 0.6 is 0 Å². The lowest BCUT2D eigenvalue weighted by atomic mass is 10.1. The number of hydrogen-bond acceptors (Lipinski definition) is 4. The standard InChI is InChI=1S/C24H23NO4/c1-2-3-17-28-24(27)19-9-13-20(14-10-19)25-23(26)18-11-15-22(16-12-18)29-21-7-5-4-6-8-21/h4-16H,2-3,17H2,1H3,(H,25,26). The Balaban J connectivity index is 1.56. The number of ether oxygens (including phenoxy) is 2. The van der Waals surface area contributed by atoms with Crippen LogP contribution in [-0.4, -0.2) is 18.5 Å². The van der Waals surface area contributed by atoms with Crippen LogP contribution in [0, 0.1) is 0 Å². The second kappa shape index (κ2) is 10.1. The number of benzene rings is 3.